The van der Waals surface area contributed by atoms with Gasteiger partial charge in [0.1, 0.15) is 11.8 Å². The third-order valence-corrected chi connectivity index (χ3v) is 3.66. The molecule has 5 nitrogen and oxygen atoms in total. The van der Waals surface area contributed by atoms with Crippen LogP contribution < -0.4 is 10.1 Å². The number of hydrogen-bond donors (Lipinski definition) is 1. The Bertz CT molecular complexity index is 683. The quantitative estimate of drug-likeness (QED) is 0.882. The smallest absolute Gasteiger partial charge is 0.325 e. The number of amides is 3. The van der Waals surface area contributed by atoms with Crippen molar-refractivity contribution in [2.45, 2.75) is 12.6 Å². The summed E-state index contributed by atoms with van der Waals surface area (Å²) < 4.78 is 5.10. The summed E-state index contributed by atoms with van der Waals surface area (Å²) in [7, 11) is 1.58. The van der Waals surface area contributed by atoms with Gasteiger partial charge in [-0.05, 0) is 23.3 Å². The summed E-state index contributed by atoms with van der Waals surface area (Å²) in [5, 5.41) is 2.72. The average molecular weight is 296 g/mol. The third kappa shape index (κ3) is 2.65. The Morgan fingerprint density at radius 2 is 1.73 bits per heavy atom. The van der Waals surface area contributed by atoms with E-state index in [-0.39, 0.29) is 18.5 Å². The Balaban J connectivity index is 1.78. The summed E-state index contributed by atoms with van der Waals surface area (Å²) >= 11 is 0. The molecule has 2 aromatic carbocycles. The maximum absolute atomic E-state index is 12.5. The third-order valence-electron chi connectivity index (χ3n) is 3.66. The van der Waals surface area contributed by atoms with E-state index in [2.05, 4.69) is 5.32 Å². The van der Waals surface area contributed by atoms with E-state index in [1.165, 1.54) is 4.90 Å². The molecule has 1 aliphatic rings. The topological polar surface area (TPSA) is 58.6 Å². The molecule has 0 spiro atoms. The Hall–Kier alpha value is -2.82. The van der Waals surface area contributed by atoms with Gasteiger partial charge in [0.05, 0.1) is 13.7 Å². The molecule has 3 amide bonds. The van der Waals surface area contributed by atoms with Gasteiger partial charge in [-0.2, -0.15) is 0 Å². The van der Waals surface area contributed by atoms with Crippen LogP contribution in [0.1, 0.15) is 17.2 Å². The molecule has 1 N–H and O–H groups in total. The second-order valence-electron chi connectivity index (χ2n) is 5.07. The molecule has 1 atom stereocenters. The first-order chi connectivity index (χ1) is 10.7. The molecule has 3 rings (SSSR count). The van der Waals surface area contributed by atoms with Crippen LogP contribution in [-0.4, -0.2) is 23.9 Å². The molecule has 1 heterocycles. The summed E-state index contributed by atoms with van der Waals surface area (Å²) in [5.41, 5.74) is 1.66. The second-order valence-corrected chi connectivity index (χ2v) is 5.07. The van der Waals surface area contributed by atoms with Gasteiger partial charge in [0.2, 0.25) is 0 Å². The lowest BCUT2D eigenvalue weighted by Gasteiger charge is -2.13. The van der Waals surface area contributed by atoms with Gasteiger partial charge in [-0.1, -0.05) is 42.5 Å². The normalized spacial score (nSPS) is 17.5. The number of carbonyl (C=O) groups is 2. The zero-order valence-corrected chi connectivity index (χ0v) is 12.2. The SMILES string of the molecule is COc1ccc(C2NC(=O)N(Cc3ccccc3)C2=O)cc1. The zero-order valence-electron chi connectivity index (χ0n) is 12.2. The zero-order chi connectivity index (χ0) is 15.5. The first-order valence-corrected chi connectivity index (χ1v) is 6.99. The first-order valence-electron chi connectivity index (χ1n) is 6.99. The van der Waals surface area contributed by atoms with Crippen molar-refractivity contribution in [1.82, 2.24) is 10.2 Å². The van der Waals surface area contributed by atoms with Crippen LogP contribution in [0.2, 0.25) is 0 Å². The lowest BCUT2D eigenvalue weighted by atomic mass is 10.1. The van der Waals surface area contributed by atoms with E-state index in [4.69, 9.17) is 4.74 Å². The summed E-state index contributed by atoms with van der Waals surface area (Å²) in [6.07, 6.45) is 0. The van der Waals surface area contributed by atoms with E-state index in [0.29, 0.717) is 5.75 Å². The molecule has 112 valence electrons. The van der Waals surface area contributed by atoms with Crippen LogP contribution in [0.3, 0.4) is 0 Å². The Kier molecular flexibility index (Phi) is 3.78. The van der Waals surface area contributed by atoms with Gasteiger partial charge in [-0.25, -0.2) is 4.79 Å². The fraction of sp³-hybridized carbons (Fsp3) is 0.176. The fourth-order valence-corrected chi connectivity index (χ4v) is 2.46. The molecule has 1 fully saturated rings. The molecule has 1 unspecified atom stereocenters. The van der Waals surface area contributed by atoms with Gasteiger partial charge < -0.3 is 10.1 Å². The molecule has 2 aromatic rings. The molecule has 0 aliphatic carbocycles. The monoisotopic (exact) mass is 296 g/mol. The Morgan fingerprint density at radius 3 is 2.36 bits per heavy atom. The van der Waals surface area contributed by atoms with Crippen LogP contribution in [0.25, 0.3) is 0 Å². The highest BCUT2D eigenvalue weighted by atomic mass is 16.5. The first kappa shape index (κ1) is 14.1. The highest BCUT2D eigenvalue weighted by Gasteiger charge is 2.38. The maximum atomic E-state index is 12.5. The van der Waals surface area contributed by atoms with Crippen LogP contribution in [0.15, 0.2) is 54.6 Å². The summed E-state index contributed by atoms with van der Waals surface area (Å²) in [5.74, 6) is 0.473. The number of nitrogens with zero attached hydrogens (tertiary/aromatic N) is 1. The van der Waals surface area contributed by atoms with E-state index >= 15 is 0 Å². The molecule has 0 radical (unpaired) electrons. The minimum Gasteiger partial charge on any atom is -0.497 e. The molecule has 0 saturated carbocycles. The fourth-order valence-electron chi connectivity index (χ4n) is 2.46. The maximum Gasteiger partial charge on any atom is 0.325 e. The van der Waals surface area contributed by atoms with Gasteiger partial charge in [0.25, 0.3) is 5.91 Å². The van der Waals surface area contributed by atoms with Crippen LogP contribution in [-0.2, 0) is 11.3 Å². The van der Waals surface area contributed by atoms with Crippen molar-refractivity contribution in [3.8, 4) is 5.75 Å². The number of benzene rings is 2. The van der Waals surface area contributed by atoms with E-state index in [0.717, 1.165) is 11.1 Å². The summed E-state index contributed by atoms with van der Waals surface area (Å²) in [6, 6.07) is 15.6. The van der Waals surface area contributed by atoms with Crippen LogP contribution in [0.4, 0.5) is 4.79 Å². The van der Waals surface area contributed by atoms with Gasteiger partial charge in [0, 0.05) is 0 Å². The summed E-state index contributed by atoms with van der Waals surface area (Å²) in [4.78, 5) is 25.8. The van der Waals surface area contributed by atoms with Crippen molar-refractivity contribution in [3.05, 3.63) is 65.7 Å². The highest BCUT2D eigenvalue weighted by Crippen LogP contribution is 2.25. The molecule has 5 heteroatoms. The van der Waals surface area contributed by atoms with Crippen molar-refractivity contribution in [3.63, 3.8) is 0 Å². The lowest BCUT2D eigenvalue weighted by Crippen LogP contribution is -2.30. The van der Waals surface area contributed by atoms with Crippen LogP contribution in [0.5, 0.6) is 5.75 Å². The molecule has 0 bridgehead atoms. The van der Waals surface area contributed by atoms with E-state index in [1.54, 1.807) is 31.4 Å². The highest BCUT2D eigenvalue weighted by molar-refractivity contribution is 6.04. The van der Waals surface area contributed by atoms with Crippen molar-refractivity contribution in [1.29, 1.82) is 0 Å². The van der Waals surface area contributed by atoms with Crippen molar-refractivity contribution in [2.75, 3.05) is 7.11 Å². The van der Waals surface area contributed by atoms with Gasteiger partial charge in [-0.3, -0.25) is 9.69 Å². The number of methoxy groups -OCH3 is 1. The average Bonchev–Trinajstić information content (AvgIpc) is 2.84. The number of urea groups is 1. The predicted molar refractivity (Wildman–Crippen MR) is 81.3 cm³/mol. The van der Waals surface area contributed by atoms with Gasteiger partial charge in [0.15, 0.2) is 0 Å². The number of imide groups is 1. The number of hydrogen-bond acceptors (Lipinski definition) is 3. The number of carbonyl (C=O) groups excluding carboxylic acids is 2. The lowest BCUT2D eigenvalue weighted by molar-refractivity contribution is -0.128. The van der Waals surface area contributed by atoms with Crippen molar-refractivity contribution < 1.29 is 14.3 Å². The second kappa shape index (κ2) is 5.89. The Morgan fingerprint density at radius 1 is 1.05 bits per heavy atom. The van der Waals surface area contributed by atoms with Crippen LogP contribution in [0, 0.1) is 0 Å². The van der Waals surface area contributed by atoms with E-state index in [9.17, 15) is 9.59 Å². The molecule has 1 saturated heterocycles. The minimum atomic E-state index is -0.637. The molecular weight excluding hydrogens is 280 g/mol. The van der Waals surface area contributed by atoms with Crippen molar-refractivity contribution >= 4 is 11.9 Å². The molecule has 1 aliphatic heterocycles. The summed E-state index contributed by atoms with van der Waals surface area (Å²) in [6.45, 7) is 0.276. The molecule has 0 aromatic heterocycles. The largest absolute Gasteiger partial charge is 0.497 e. The predicted octanol–water partition coefficient (Wildman–Crippen LogP) is 2.49. The molecular formula is C17H16N2O3. The number of nitrogens with one attached hydrogen (secondary N) is 1. The Labute approximate surface area is 128 Å². The minimum absolute atomic E-state index is 0.237. The number of ether oxygens (including phenoxy) is 1. The van der Waals surface area contributed by atoms with Crippen LogP contribution >= 0.6 is 0 Å². The van der Waals surface area contributed by atoms with E-state index in [1.807, 2.05) is 30.3 Å². The van der Waals surface area contributed by atoms with Gasteiger partial charge >= 0.3 is 6.03 Å². The number of rotatable bonds is 4. The molecule has 22 heavy (non-hydrogen) atoms. The van der Waals surface area contributed by atoms with Gasteiger partial charge in [-0.15, -0.1) is 0 Å². The standard InChI is InChI=1S/C17H16N2O3/c1-22-14-9-7-13(8-10-14)15-16(20)19(17(21)18-15)11-12-5-3-2-4-6-12/h2-10,15H,11H2,1H3,(H,18,21). The van der Waals surface area contributed by atoms with E-state index < -0.39 is 6.04 Å². The van der Waals surface area contributed by atoms with Crippen molar-refractivity contribution in [2.24, 2.45) is 0 Å².